The minimum Gasteiger partial charge on any atom is -0.295 e. The zero-order chi connectivity index (χ0) is 14.7. The van der Waals surface area contributed by atoms with Crippen LogP contribution >= 0.6 is 0 Å². The van der Waals surface area contributed by atoms with Crippen LogP contribution in [0.25, 0.3) is 5.65 Å². The van der Waals surface area contributed by atoms with E-state index in [9.17, 15) is 4.79 Å². The molecular formula is C15H13N5O. The number of aryl methyl sites for hydroxylation is 1. The van der Waals surface area contributed by atoms with Crippen molar-refractivity contribution in [2.75, 3.05) is 0 Å². The van der Waals surface area contributed by atoms with Gasteiger partial charge in [0.15, 0.2) is 0 Å². The quantitative estimate of drug-likeness (QED) is 0.587. The molecule has 3 aromatic heterocycles. The second kappa shape index (κ2) is 5.54. The maximum Gasteiger partial charge on any atom is 0.290 e. The van der Waals surface area contributed by atoms with Crippen molar-refractivity contribution in [3.05, 3.63) is 65.9 Å². The van der Waals surface area contributed by atoms with Gasteiger partial charge in [-0.2, -0.15) is 5.10 Å². The van der Waals surface area contributed by atoms with Crippen LogP contribution in [-0.4, -0.2) is 26.5 Å². The predicted octanol–water partition coefficient (Wildman–Crippen LogP) is 1.80. The van der Waals surface area contributed by atoms with Crippen LogP contribution in [0.4, 0.5) is 0 Å². The van der Waals surface area contributed by atoms with E-state index in [1.807, 2.05) is 24.3 Å². The Kier molecular flexibility index (Phi) is 3.42. The topological polar surface area (TPSA) is 71.7 Å². The monoisotopic (exact) mass is 279 g/mol. The van der Waals surface area contributed by atoms with Crippen molar-refractivity contribution in [1.29, 1.82) is 0 Å². The van der Waals surface area contributed by atoms with E-state index in [2.05, 4.69) is 20.5 Å². The number of hydrazone groups is 1. The number of hydrogen-bond donors (Lipinski definition) is 1. The van der Waals surface area contributed by atoms with E-state index >= 15 is 0 Å². The number of pyridine rings is 2. The number of carbonyl (C=O) groups is 1. The Bertz CT molecular complexity index is 807. The first-order valence-electron chi connectivity index (χ1n) is 6.43. The molecule has 0 radical (unpaired) electrons. The highest BCUT2D eigenvalue weighted by atomic mass is 16.2. The summed E-state index contributed by atoms with van der Waals surface area (Å²) in [6, 6.07) is 9.23. The van der Waals surface area contributed by atoms with Crippen molar-refractivity contribution in [2.45, 2.75) is 6.92 Å². The molecule has 3 heterocycles. The number of amides is 1. The van der Waals surface area contributed by atoms with Crippen molar-refractivity contribution in [2.24, 2.45) is 5.10 Å². The summed E-state index contributed by atoms with van der Waals surface area (Å²) in [6.45, 7) is 1.80. The SMILES string of the molecule is Cc1nc2ccccn2c1C(=O)NN=Cc1cccnc1. The summed E-state index contributed by atoms with van der Waals surface area (Å²) in [7, 11) is 0. The molecule has 0 aliphatic rings. The van der Waals surface area contributed by atoms with Gasteiger partial charge < -0.3 is 0 Å². The molecule has 0 saturated carbocycles. The van der Waals surface area contributed by atoms with Crippen LogP contribution in [0.1, 0.15) is 21.7 Å². The minimum absolute atomic E-state index is 0.300. The highest BCUT2D eigenvalue weighted by Gasteiger charge is 2.15. The third-order valence-corrected chi connectivity index (χ3v) is 2.98. The van der Waals surface area contributed by atoms with E-state index in [0.29, 0.717) is 11.4 Å². The van der Waals surface area contributed by atoms with Gasteiger partial charge >= 0.3 is 0 Å². The Hall–Kier alpha value is -3.02. The molecule has 0 aromatic carbocycles. The lowest BCUT2D eigenvalue weighted by Crippen LogP contribution is -2.20. The lowest BCUT2D eigenvalue weighted by molar-refractivity contribution is 0.0948. The number of imidazole rings is 1. The lowest BCUT2D eigenvalue weighted by atomic mass is 10.3. The average molecular weight is 279 g/mol. The average Bonchev–Trinajstić information content (AvgIpc) is 2.84. The van der Waals surface area contributed by atoms with Gasteiger partial charge in [0.25, 0.3) is 5.91 Å². The molecule has 3 rings (SSSR count). The van der Waals surface area contributed by atoms with Crippen LogP contribution < -0.4 is 5.43 Å². The third kappa shape index (κ3) is 2.64. The molecule has 21 heavy (non-hydrogen) atoms. The molecule has 0 aliphatic heterocycles. The highest BCUT2D eigenvalue weighted by molar-refractivity contribution is 5.95. The van der Waals surface area contributed by atoms with Gasteiger partial charge in [0, 0.05) is 24.2 Å². The maximum absolute atomic E-state index is 12.2. The smallest absolute Gasteiger partial charge is 0.290 e. The maximum atomic E-state index is 12.2. The summed E-state index contributed by atoms with van der Waals surface area (Å²) in [4.78, 5) is 20.5. The fraction of sp³-hybridized carbons (Fsp3) is 0.0667. The van der Waals surface area contributed by atoms with E-state index in [1.165, 1.54) is 0 Å². The second-order valence-electron chi connectivity index (χ2n) is 4.46. The molecule has 6 nitrogen and oxygen atoms in total. The molecule has 0 fully saturated rings. The number of fused-ring (bicyclic) bond motifs is 1. The van der Waals surface area contributed by atoms with Crippen LogP contribution in [-0.2, 0) is 0 Å². The van der Waals surface area contributed by atoms with Gasteiger partial charge in [-0.15, -0.1) is 0 Å². The van der Waals surface area contributed by atoms with Crippen LogP contribution in [0.15, 0.2) is 54.0 Å². The van der Waals surface area contributed by atoms with Crippen molar-refractivity contribution in [3.63, 3.8) is 0 Å². The summed E-state index contributed by atoms with van der Waals surface area (Å²) in [5.74, 6) is -0.300. The Morgan fingerprint density at radius 2 is 2.24 bits per heavy atom. The van der Waals surface area contributed by atoms with Gasteiger partial charge in [0.1, 0.15) is 11.3 Å². The first kappa shape index (κ1) is 13.0. The summed E-state index contributed by atoms with van der Waals surface area (Å²) in [5, 5.41) is 3.94. The third-order valence-electron chi connectivity index (χ3n) is 2.98. The largest absolute Gasteiger partial charge is 0.295 e. The molecule has 0 spiro atoms. The van der Waals surface area contributed by atoms with Crippen LogP contribution in [0.2, 0.25) is 0 Å². The summed E-state index contributed by atoms with van der Waals surface area (Å²) < 4.78 is 1.74. The molecule has 1 amide bonds. The first-order valence-corrected chi connectivity index (χ1v) is 6.43. The number of rotatable bonds is 3. The molecule has 3 aromatic rings. The number of carbonyl (C=O) groups excluding carboxylic acids is 1. The Balaban J connectivity index is 1.82. The van der Waals surface area contributed by atoms with Gasteiger partial charge in [-0.25, -0.2) is 10.4 Å². The summed E-state index contributed by atoms with van der Waals surface area (Å²) in [6.07, 6.45) is 6.69. The fourth-order valence-electron chi connectivity index (χ4n) is 2.06. The normalized spacial score (nSPS) is 11.1. The molecule has 6 heteroatoms. The van der Waals surface area contributed by atoms with Gasteiger partial charge in [0.05, 0.1) is 11.9 Å². The first-order chi connectivity index (χ1) is 10.3. The Morgan fingerprint density at radius 3 is 3.05 bits per heavy atom. The molecule has 0 saturated heterocycles. The van der Waals surface area contributed by atoms with Crippen LogP contribution in [0, 0.1) is 6.92 Å². The van der Waals surface area contributed by atoms with E-state index in [1.54, 1.807) is 42.2 Å². The van der Waals surface area contributed by atoms with Crippen molar-refractivity contribution < 1.29 is 4.79 Å². The highest BCUT2D eigenvalue weighted by Crippen LogP contribution is 2.11. The summed E-state index contributed by atoms with van der Waals surface area (Å²) in [5.41, 5.74) is 5.20. The van der Waals surface area contributed by atoms with E-state index in [-0.39, 0.29) is 5.91 Å². The van der Waals surface area contributed by atoms with Crippen LogP contribution in [0.3, 0.4) is 0 Å². The van der Waals surface area contributed by atoms with Crippen molar-refractivity contribution in [1.82, 2.24) is 19.8 Å². The molecule has 0 aliphatic carbocycles. The standard InChI is InChI=1S/C15H13N5O/c1-11-14(20-8-3-2-6-13(20)18-11)15(21)19-17-10-12-5-4-7-16-9-12/h2-10H,1H3,(H,19,21). The molecule has 104 valence electrons. The summed E-state index contributed by atoms with van der Waals surface area (Å²) >= 11 is 0. The van der Waals surface area contributed by atoms with Gasteiger partial charge in [-0.1, -0.05) is 12.1 Å². The van der Waals surface area contributed by atoms with Gasteiger partial charge in [0.2, 0.25) is 0 Å². The van der Waals surface area contributed by atoms with Gasteiger partial charge in [-0.05, 0) is 25.1 Å². The van der Waals surface area contributed by atoms with E-state index in [0.717, 1.165) is 11.2 Å². The molecule has 0 atom stereocenters. The molecular weight excluding hydrogens is 266 g/mol. The molecule has 0 bridgehead atoms. The van der Waals surface area contributed by atoms with E-state index in [4.69, 9.17) is 0 Å². The minimum atomic E-state index is -0.300. The zero-order valence-electron chi connectivity index (χ0n) is 11.4. The number of hydrogen-bond acceptors (Lipinski definition) is 4. The zero-order valence-corrected chi connectivity index (χ0v) is 11.4. The second-order valence-corrected chi connectivity index (χ2v) is 4.46. The van der Waals surface area contributed by atoms with Crippen molar-refractivity contribution >= 4 is 17.8 Å². The fourth-order valence-corrected chi connectivity index (χ4v) is 2.06. The predicted molar refractivity (Wildman–Crippen MR) is 79.2 cm³/mol. The van der Waals surface area contributed by atoms with Crippen molar-refractivity contribution in [3.8, 4) is 0 Å². The number of nitrogens with zero attached hydrogens (tertiary/aromatic N) is 4. The lowest BCUT2D eigenvalue weighted by Gasteiger charge is -2.01. The molecule has 0 unspecified atom stereocenters. The Morgan fingerprint density at radius 1 is 1.33 bits per heavy atom. The van der Waals surface area contributed by atoms with E-state index < -0.39 is 0 Å². The molecule has 1 N–H and O–H groups in total. The Labute approximate surface area is 121 Å². The van der Waals surface area contributed by atoms with Gasteiger partial charge in [-0.3, -0.25) is 14.2 Å². The number of nitrogens with one attached hydrogen (secondary N) is 1. The van der Waals surface area contributed by atoms with Crippen LogP contribution in [0.5, 0.6) is 0 Å². The number of aromatic nitrogens is 3.